The average molecular weight is 691 g/mol. The molecule has 7 heteroatoms. The molecule has 3 aromatic rings. The van der Waals surface area contributed by atoms with Crippen molar-refractivity contribution in [2.75, 3.05) is 18.6 Å². The van der Waals surface area contributed by atoms with Gasteiger partial charge in [0, 0.05) is 33.9 Å². The summed E-state index contributed by atoms with van der Waals surface area (Å²) >= 11 is 1.66. The highest BCUT2D eigenvalue weighted by atomic mass is 32.1. The van der Waals surface area contributed by atoms with Crippen molar-refractivity contribution in [3.8, 4) is 17.9 Å². The van der Waals surface area contributed by atoms with E-state index < -0.39 is 5.60 Å². The second kappa shape index (κ2) is 12.9. The molecule has 0 saturated heterocycles. The van der Waals surface area contributed by atoms with E-state index in [0.29, 0.717) is 5.57 Å². The van der Waals surface area contributed by atoms with Crippen molar-refractivity contribution in [2.24, 2.45) is 17.8 Å². The zero-order chi connectivity index (χ0) is 35.3. The van der Waals surface area contributed by atoms with Gasteiger partial charge in [0.25, 0.3) is 0 Å². The van der Waals surface area contributed by atoms with Crippen molar-refractivity contribution in [2.45, 2.75) is 76.2 Å². The van der Waals surface area contributed by atoms with Crippen LogP contribution in [0.15, 0.2) is 88.7 Å². The summed E-state index contributed by atoms with van der Waals surface area (Å²) in [7, 11) is 1.83. The molecule has 4 bridgehead atoms. The molecule has 0 atom stereocenters. The fourth-order valence-corrected chi connectivity index (χ4v) is 10.9. The molecular formula is C44H42N4O2S. The summed E-state index contributed by atoms with van der Waals surface area (Å²) in [5.41, 5.74) is 7.50. The highest BCUT2D eigenvalue weighted by Gasteiger charge is 2.52. The zero-order valence-corrected chi connectivity index (χ0v) is 30.4. The molecular weight excluding hydrogens is 649 g/mol. The second-order valence-corrected chi connectivity index (χ2v) is 16.5. The highest BCUT2D eigenvalue weighted by Crippen LogP contribution is 2.62. The van der Waals surface area contributed by atoms with Gasteiger partial charge in [0.15, 0.2) is 5.76 Å². The van der Waals surface area contributed by atoms with E-state index >= 15 is 0 Å². The van der Waals surface area contributed by atoms with Crippen LogP contribution in [0, 0.1) is 47.0 Å². The van der Waals surface area contributed by atoms with E-state index in [9.17, 15) is 10.5 Å². The Labute approximate surface area is 305 Å². The molecule has 4 aliphatic carbocycles. The molecule has 0 unspecified atom stereocenters. The molecule has 0 amide bonds. The molecule has 1 aromatic heterocycles. The lowest BCUT2D eigenvalue weighted by atomic mass is 9.48. The van der Waals surface area contributed by atoms with Crippen molar-refractivity contribution in [1.29, 1.82) is 10.5 Å². The van der Waals surface area contributed by atoms with Crippen LogP contribution in [0.1, 0.15) is 80.4 Å². The summed E-state index contributed by atoms with van der Waals surface area (Å²) in [5, 5.41) is 21.6. The predicted octanol–water partition coefficient (Wildman–Crippen LogP) is 10.7. The van der Waals surface area contributed by atoms with Crippen molar-refractivity contribution in [1.82, 2.24) is 0 Å². The number of hydrogen-bond acceptors (Lipinski definition) is 6. The zero-order valence-electron chi connectivity index (χ0n) is 29.5. The number of rotatable bonds is 7. The number of nitrogens with zero attached hydrogens (tertiary/aromatic N) is 4. The number of ether oxygens (including phenoxy) is 2. The maximum absolute atomic E-state index is 10.0. The Morgan fingerprint density at radius 2 is 1.82 bits per heavy atom. The SMILES string of the molecule is [C-]#[N+]/C(C#N)=C1\OC(C)(C)C(/C=C/C(=C/c2ccc3c(c2)CCCN3c2ccc(OC)c(C34CC5CC(CC(C5)C3)C4)c2)c2cccs2)=C1C#N. The van der Waals surface area contributed by atoms with Crippen LogP contribution in [0.3, 0.4) is 0 Å². The number of fused-ring (bicyclic) bond motifs is 1. The Bertz CT molecular complexity index is 2100. The van der Waals surface area contributed by atoms with Crippen molar-refractivity contribution < 1.29 is 9.47 Å². The Balaban J connectivity index is 1.13. The number of aryl methyl sites for hydroxylation is 1. The van der Waals surface area contributed by atoms with Gasteiger partial charge in [-0.15, -0.1) is 11.3 Å². The Hall–Kier alpha value is -5.03. The first-order valence-corrected chi connectivity index (χ1v) is 19.0. The van der Waals surface area contributed by atoms with Crippen LogP contribution in [0.2, 0.25) is 0 Å². The summed E-state index contributed by atoms with van der Waals surface area (Å²) in [6.07, 6.45) is 16.5. The van der Waals surface area contributed by atoms with Gasteiger partial charge in [-0.1, -0.05) is 24.3 Å². The van der Waals surface area contributed by atoms with Crippen LogP contribution in [-0.2, 0) is 16.6 Å². The normalized spacial score (nSPS) is 27.1. The third-order valence-corrected chi connectivity index (χ3v) is 12.8. The fourth-order valence-electron chi connectivity index (χ4n) is 10.2. The quantitative estimate of drug-likeness (QED) is 0.140. The topological polar surface area (TPSA) is 73.6 Å². The van der Waals surface area contributed by atoms with Crippen molar-refractivity contribution in [3.63, 3.8) is 0 Å². The van der Waals surface area contributed by atoms with Crippen LogP contribution >= 0.6 is 11.3 Å². The van der Waals surface area contributed by atoms with Gasteiger partial charge in [0.2, 0.25) is 0 Å². The summed E-state index contributed by atoms with van der Waals surface area (Å²) in [4.78, 5) is 6.92. The maximum Gasteiger partial charge on any atom is 0.304 e. The average Bonchev–Trinajstić information content (AvgIpc) is 3.75. The Morgan fingerprint density at radius 3 is 2.47 bits per heavy atom. The second-order valence-electron chi connectivity index (χ2n) is 15.6. The minimum atomic E-state index is -0.865. The van der Waals surface area contributed by atoms with E-state index in [1.165, 1.54) is 61.0 Å². The van der Waals surface area contributed by atoms with Gasteiger partial charge in [0.05, 0.1) is 25.3 Å². The lowest BCUT2D eigenvalue weighted by Crippen LogP contribution is -2.48. The first-order chi connectivity index (χ1) is 24.7. The molecule has 6 aliphatic rings. The van der Waals surface area contributed by atoms with E-state index in [1.807, 2.05) is 45.2 Å². The number of benzene rings is 2. The number of thiophene rings is 1. The van der Waals surface area contributed by atoms with Crippen LogP contribution in [0.5, 0.6) is 5.75 Å². The fraction of sp³-hybridized carbons (Fsp3) is 0.386. The lowest BCUT2D eigenvalue weighted by molar-refractivity contribution is -0.00613. The summed E-state index contributed by atoms with van der Waals surface area (Å²) in [6, 6.07) is 22.0. The summed E-state index contributed by atoms with van der Waals surface area (Å²) in [6.45, 7) is 12.1. The molecule has 256 valence electrons. The minimum Gasteiger partial charge on any atom is -0.496 e. The molecule has 4 saturated carbocycles. The van der Waals surface area contributed by atoms with Gasteiger partial charge in [-0.25, -0.2) is 10.1 Å². The molecule has 4 fully saturated rings. The number of nitriles is 2. The summed E-state index contributed by atoms with van der Waals surface area (Å²) in [5.74, 6) is 3.74. The minimum absolute atomic E-state index is 0.0578. The monoisotopic (exact) mass is 690 g/mol. The van der Waals surface area contributed by atoms with Gasteiger partial charge in [-0.3, -0.25) is 0 Å². The van der Waals surface area contributed by atoms with Crippen LogP contribution < -0.4 is 9.64 Å². The largest absolute Gasteiger partial charge is 0.496 e. The standard InChI is InChI=1S/C44H42N4O2S/c1-43(2)36(35(26-45)42(50-43)38(27-46)47-3)12-10-33(41-8-6-16-51-41)21-28-9-13-39-32(20-28)7-5-15-48(39)34-11-14-40(49-4)37(22-34)44-23-29-17-30(24-44)19-31(18-29)25-44/h6,8-14,16,20-22,29-31H,5,7,15,17-19,23-25H2,1-2,4H3/b12-10+,33-21-,42-38-. The smallest absolute Gasteiger partial charge is 0.304 e. The molecule has 2 aliphatic heterocycles. The first-order valence-electron chi connectivity index (χ1n) is 18.1. The Kier molecular flexibility index (Phi) is 8.41. The van der Waals surface area contributed by atoms with E-state index in [0.717, 1.165) is 58.9 Å². The molecule has 0 N–H and O–H groups in total. The third-order valence-electron chi connectivity index (χ3n) is 11.9. The number of anilines is 2. The first kappa shape index (κ1) is 33.1. The Morgan fingerprint density at radius 1 is 1.06 bits per heavy atom. The number of methoxy groups -OCH3 is 1. The van der Waals surface area contributed by atoms with E-state index in [4.69, 9.17) is 16.0 Å². The van der Waals surface area contributed by atoms with Crippen LogP contribution in [-0.4, -0.2) is 19.3 Å². The van der Waals surface area contributed by atoms with Crippen LogP contribution in [0.4, 0.5) is 11.4 Å². The molecule has 3 heterocycles. The predicted molar refractivity (Wildman–Crippen MR) is 203 cm³/mol. The van der Waals surface area contributed by atoms with Crippen molar-refractivity contribution in [3.05, 3.63) is 122 Å². The van der Waals surface area contributed by atoms with E-state index in [1.54, 1.807) is 11.3 Å². The third kappa shape index (κ3) is 5.87. The summed E-state index contributed by atoms with van der Waals surface area (Å²) < 4.78 is 12.1. The van der Waals surface area contributed by atoms with Gasteiger partial charge in [0.1, 0.15) is 17.4 Å². The molecule has 0 radical (unpaired) electrons. The molecule has 9 rings (SSSR count). The lowest BCUT2D eigenvalue weighted by Gasteiger charge is -2.57. The molecule has 51 heavy (non-hydrogen) atoms. The van der Waals surface area contributed by atoms with Gasteiger partial charge < -0.3 is 14.4 Å². The van der Waals surface area contributed by atoms with Crippen LogP contribution in [0.25, 0.3) is 16.5 Å². The van der Waals surface area contributed by atoms with Gasteiger partial charge >= 0.3 is 5.70 Å². The highest BCUT2D eigenvalue weighted by molar-refractivity contribution is 7.11. The van der Waals surface area contributed by atoms with Gasteiger partial charge in [-0.2, -0.15) is 5.26 Å². The number of allylic oxidation sites excluding steroid dienone is 4. The molecule has 2 aromatic carbocycles. The van der Waals surface area contributed by atoms with E-state index in [-0.39, 0.29) is 22.4 Å². The van der Waals surface area contributed by atoms with Crippen molar-refractivity contribution >= 4 is 34.4 Å². The maximum atomic E-state index is 10.0. The van der Waals surface area contributed by atoms with Gasteiger partial charge in [-0.05, 0) is 153 Å². The molecule has 0 spiro atoms. The molecule has 6 nitrogen and oxygen atoms in total. The number of hydrogen-bond donors (Lipinski definition) is 0. The van der Waals surface area contributed by atoms with E-state index in [2.05, 4.69) is 69.7 Å².